The first-order chi connectivity index (χ1) is 12.1. The summed E-state index contributed by atoms with van der Waals surface area (Å²) in [6, 6.07) is 6.25. The van der Waals surface area contributed by atoms with Gasteiger partial charge in [0.2, 0.25) is 11.8 Å². The van der Waals surface area contributed by atoms with Gasteiger partial charge in [0.25, 0.3) is 0 Å². The minimum Gasteiger partial charge on any atom is -0.356 e. The third-order valence-corrected chi connectivity index (χ3v) is 5.42. The zero-order valence-electron chi connectivity index (χ0n) is 14.7. The van der Waals surface area contributed by atoms with Gasteiger partial charge in [0, 0.05) is 38.4 Å². The number of hydrogen-bond donors (Lipinski definition) is 1. The van der Waals surface area contributed by atoms with Gasteiger partial charge < -0.3 is 10.2 Å². The fraction of sp³-hybridized carbons (Fsp3) is 0.600. The standard InChI is InChI=1S/C20H27FN2O2/c21-18-8-5-16(6-9-18)13-23-14-17(11-20(23)25)12-22-19(24)10-7-15-3-1-2-4-15/h5-6,8-9,15,17H,1-4,7,10-14H2,(H,22,24). The molecule has 0 bridgehead atoms. The van der Waals surface area contributed by atoms with Crippen LogP contribution in [0.3, 0.4) is 0 Å². The molecule has 2 aliphatic rings. The molecule has 1 saturated heterocycles. The lowest BCUT2D eigenvalue weighted by Crippen LogP contribution is -2.31. The maximum Gasteiger partial charge on any atom is 0.223 e. The number of carbonyl (C=O) groups is 2. The van der Waals surface area contributed by atoms with Crippen molar-refractivity contribution >= 4 is 11.8 Å². The zero-order chi connectivity index (χ0) is 17.6. The third kappa shape index (κ3) is 5.28. The van der Waals surface area contributed by atoms with Gasteiger partial charge >= 0.3 is 0 Å². The van der Waals surface area contributed by atoms with Crippen LogP contribution in [-0.4, -0.2) is 29.8 Å². The molecule has 0 spiro atoms. The van der Waals surface area contributed by atoms with Crippen LogP contribution in [0.1, 0.15) is 50.5 Å². The average Bonchev–Trinajstić information content (AvgIpc) is 3.23. The van der Waals surface area contributed by atoms with Crippen LogP contribution in [0, 0.1) is 17.7 Å². The lowest BCUT2D eigenvalue weighted by Gasteiger charge is -2.17. The summed E-state index contributed by atoms with van der Waals surface area (Å²) in [5.74, 6) is 0.842. The number of likely N-dealkylation sites (tertiary alicyclic amines) is 1. The molecule has 3 rings (SSSR count). The van der Waals surface area contributed by atoms with Crippen molar-refractivity contribution in [2.75, 3.05) is 13.1 Å². The van der Waals surface area contributed by atoms with Crippen molar-refractivity contribution in [2.45, 2.75) is 51.5 Å². The Morgan fingerprint density at radius 2 is 1.88 bits per heavy atom. The fourth-order valence-corrected chi connectivity index (χ4v) is 3.93. The first-order valence-corrected chi connectivity index (χ1v) is 9.39. The van der Waals surface area contributed by atoms with E-state index in [2.05, 4.69) is 5.32 Å². The second kappa shape index (κ2) is 8.45. The number of halogens is 1. The fourth-order valence-electron chi connectivity index (χ4n) is 3.93. The summed E-state index contributed by atoms with van der Waals surface area (Å²) < 4.78 is 13.0. The predicted octanol–water partition coefficient (Wildman–Crippen LogP) is 3.26. The number of benzene rings is 1. The highest BCUT2D eigenvalue weighted by molar-refractivity contribution is 5.79. The normalized spacial score (nSPS) is 21.1. The van der Waals surface area contributed by atoms with Gasteiger partial charge in [-0.05, 0) is 30.0 Å². The van der Waals surface area contributed by atoms with E-state index >= 15 is 0 Å². The van der Waals surface area contributed by atoms with E-state index in [1.54, 1.807) is 17.0 Å². The molecule has 1 aromatic rings. The Morgan fingerprint density at radius 1 is 1.16 bits per heavy atom. The highest BCUT2D eigenvalue weighted by Gasteiger charge is 2.29. The van der Waals surface area contributed by atoms with Crippen LogP contribution in [0.4, 0.5) is 4.39 Å². The van der Waals surface area contributed by atoms with Crippen molar-refractivity contribution < 1.29 is 14.0 Å². The highest BCUT2D eigenvalue weighted by Crippen LogP contribution is 2.28. The Bertz CT molecular complexity index is 596. The average molecular weight is 346 g/mol. The molecule has 2 amide bonds. The van der Waals surface area contributed by atoms with E-state index in [4.69, 9.17) is 0 Å². The molecular formula is C20H27FN2O2. The smallest absolute Gasteiger partial charge is 0.223 e. The third-order valence-electron chi connectivity index (χ3n) is 5.42. The van der Waals surface area contributed by atoms with Crippen LogP contribution in [0.25, 0.3) is 0 Å². The highest BCUT2D eigenvalue weighted by atomic mass is 19.1. The summed E-state index contributed by atoms with van der Waals surface area (Å²) in [5.41, 5.74) is 0.927. The lowest BCUT2D eigenvalue weighted by molar-refractivity contribution is -0.128. The van der Waals surface area contributed by atoms with Crippen LogP contribution in [0.15, 0.2) is 24.3 Å². The molecule has 1 aliphatic heterocycles. The van der Waals surface area contributed by atoms with E-state index in [0.29, 0.717) is 32.5 Å². The number of nitrogens with zero attached hydrogens (tertiary/aromatic N) is 1. The quantitative estimate of drug-likeness (QED) is 0.824. The van der Waals surface area contributed by atoms with Gasteiger partial charge in [0.1, 0.15) is 5.82 Å². The number of rotatable bonds is 7. The zero-order valence-corrected chi connectivity index (χ0v) is 14.7. The lowest BCUT2D eigenvalue weighted by atomic mass is 10.0. The summed E-state index contributed by atoms with van der Waals surface area (Å²) >= 11 is 0. The Morgan fingerprint density at radius 3 is 2.60 bits per heavy atom. The summed E-state index contributed by atoms with van der Waals surface area (Å²) in [6.45, 7) is 1.72. The van der Waals surface area contributed by atoms with Gasteiger partial charge in [-0.3, -0.25) is 9.59 Å². The first kappa shape index (κ1) is 17.9. The number of amides is 2. The Balaban J connectivity index is 1.38. The van der Waals surface area contributed by atoms with E-state index in [1.165, 1.54) is 37.8 Å². The summed E-state index contributed by atoms with van der Waals surface area (Å²) in [4.78, 5) is 25.9. The van der Waals surface area contributed by atoms with Crippen LogP contribution in [-0.2, 0) is 16.1 Å². The summed E-state index contributed by atoms with van der Waals surface area (Å²) in [7, 11) is 0. The van der Waals surface area contributed by atoms with Crippen molar-refractivity contribution in [3.8, 4) is 0 Å². The number of carbonyl (C=O) groups excluding carboxylic acids is 2. The van der Waals surface area contributed by atoms with Gasteiger partial charge in [-0.1, -0.05) is 37.8 Å². The molecule has 1 atom stereocenters. The van der Waals surface area contributed by atoms with Crippen LogP contribution < -0.4 is 5.32 Å². The van der Waals surface area contributed by atoms with E-state index in [1.807, 2.05) is 0 Å². The Hall–Kier alpha value is -1.91. The molecule has 25 heavy (non-hydrogen) atoms. The molecule has 1 heterocycles. The molecule has 2 fully saturated rings. The van der Waals surface area contributed by atoms with Crippen molar-refractivity contribution in [3.05, 3.63) is 35.6 Å². The molecule has 5 heteroatoms. The van der Waals surface area contributed by atoms with Gasteiger partial charge in [0.05, 0.1) is 0 Å². The van der Waals surface area contributed by atoms with Crippen molar-refractivity contribution in [1.82, 2.24) is 10.2 Å². The second-order valence-corrected chi connectivity index (χ2v) is 7.46. The molecule has 1 unspecified atom stereocenters. The molecule has 4 nitrogen and oxygen atoms in total. The van der Waals surface area contributed by atoms with Crippen LogP contribution in [0.2, 0.25) is 0 Å². The van der Waals surface area contributed by atoms with Crippen LogP contribution >= 0.6 is 0 Å². The monoisotopic (exact) mass is 346 g/mol. The predicted molar refractivity (Wildman–Crippen MR) is 94.1 cm³/mol. The summed E-state index contributed by atoms with van der Waals surface area (Å²) in [5, 5.41) is 2.99. The SMILES string of the molecule is O=C(CCC1CCCC1)NCC1CC(=O)N(Cc2ccc(F)cc2)C1. The van der Waals surface area contributed by atoms with Gasteiger partial charge in [0.15, 0.2) is 0 Å². The number of hydrogen-bond acceptors (Lipinski definition) is 2. The maximum absolute atomic E-state index is 13.0. The molecule has 136 valence electrons. The molecule has 1 saturated carbocycles. The van der Waals surface area contributed by atoms with Crippen molar-refractivity contribution in [1.29, 1.82) is 0 Å². The molecule has 1 aromatic carbocycles. The van der Waals surface area contributed by atoms with Crippen LogP contribution in [0.5, 0.6) is 0 Å². The minimum atomic E-state index is -0.269. The Kier molecular flexibility index (Phi) is 6.05. The van der Waals surface area contributed by atoms with E-state index in [0.717, 1.165) is 17.9 Å². The maximum atomic E-state index is 13.0. The summed E-state index contributed by atoms with van der Waals surface area (Å²) in [6.07, 6.45) is 7.22. The van der Waals surface area contributed by atoms with E-state index < -0.39 is 0 Å². The van der Waals surface area contributed by atoms with E-state index in [9.17, 15) is 14.0 Å². The Labute approximate surface area is 148 Å². The first-order valence-electron chi connectivity index (χ1n) is 9.39. The molecule has 1 N–H and O–H groups in total. The van der Waals surface area contributed by atoms with E-state index in [-0.39, 0.29) is 23.5 Å². The topological polar surface area (TPSA) is 49.4 Å². The van der Waals surface area contributed by atoms with Crippen molar-refractivity contribution in [2.24, 2.45) is 11.8 Å². The molecule has 0 aromatic heterocycles. The molecular weight excluding hydrogens is 319 g/mol. The second-order valence-electron chi connectivity index (χ2n) is 7.46. The van der Waals surface area contributed by atoms with Gasteiger partial charge in [-0.25, -0.2) is 4.39 Å². The van der Waals surface area contributed by atoms with Crippen molar-refractivity contribution in [3.63, 3.8) is 0 Å². The largest absolute Gasteiger partial charge is 0.356 e. The van der Waals surface area contributed by atoms with Gasteiger partial charge in [-0.15, -0.1) is 0 Å². The molecule has 0 radical (unpaired) electrons. The minimum absolute atomic E-state index is 0.106. The number of nitrogens with one attached hydrogen (secondary N) is 1. The van der Waals surface area contributed by atoms with Gasteiger partial charge in [-0.2, -0.15) is 0 Å². The molecule has 1 aliphatic carbocycles.